The maximum atomic E-state index is 12.8. The number of para-hydroxylation sites is 1. The second kappa shape index (κ2) is 7.58. The van der Waals surface area contributed by atoms with Gasteiger partial charge in [0.25, 0.3) is 11.5 Å². The molecule has 1 heterocycles. The molecule has 3 aromatic rings. The average Bonchev–Trinajstić information content (AvgIpc) is 2.65. The zero-order chi connectivity index (χ0) is 18.7. The Morgan fingerprint density at radius 1 is 1.15 bits per heavy atom. The highest BCUT2D eigenvalue weighted by atomic mass is 35.5. The molecule has 0 aliphatic carbocycles. The third kappa shape index (κ3) is 3.55. The van der Waals surface area contributed by atoms with Gasteiger partial charge in [-0.05, 0) is 18.2 Å². The first-order valence-electron chi connectivity index (χ1n) is 8.08. The van der Waals surface area contributed by atoms with Crippen molar-refractivity contribution in [2.24, 2.45) is 7.05 Å². The van der Waals surface area contributed by atoms with Crippen LogP contribution in [0.4, 0.5) is 0 Å². The number of halogens is 1. The zero-order valence-electron chi connectivity index (χ0n) is 14.5. The highest BCUT2D eigenvalue weighted by molar-refractivity contribution is 6.32. The number of likely N-dealkylation sites (N-methyl/N-ethyl adjacent to an activating group) is 1. The third-order valence-electron chi connectivity index (χ3n) is 4.03. The number of carbonyl (C=O) groups is 1. The Bertz CT molecular complexity index is 1020. The monoisotopic (exact) mass is 371 g/mol. The fourth-order valence-electron chi connectivity index (χ4n) is 2.59. The minimum atomic E-state index is -0.278. The second-order valence-corrected chi connectivity index (χ2v) is 6.24. The Hall–Kier alpha value is -2.86. The number of rotatable bonds is 5. The summed E-state index contributed by atoms with van der Waals surface area (Å²) in [6, 6.07) is 14.1. The van der Waals surface area contributed by atoms with Crippen LogP contribution in [0.5, 0.6) is 5.75 Å². The molecule has 6 nitrogen and oxygen atoms in total. The standard InChI is InChI=1S/C19H18ClN3O3/c1-22(11-12-26-16-10-6-5-9-15(16)20)19(25)17-13-7-3-4-8-14(13)18(24)23(2)21-17/h3-10H,11-12H2,1-2H3. The van der Waals surface area contributed by atoms with Gasteiger partial charge in [0.1, 0.15) is 12.4 Å². The number of amides is 1. The topological polar surface area (TPSA) is 64.4 Å². The first kappa shape index (κ1) is 17.9. The van der Waals surface area contributed by atoms with Gasteiger partial charge in [-0.1, -0.05) is 41.9 Å². The van der Waals surface area contributed by atoms with E-state index >= 15 is 0 Å². The summed E-state index contributed by atoms with van der Waals surface area (Å²) in [5, 5.41) is 5.68. The molecular weight excluding hydrogens is 354 g/mol. The van der Waals surface area contributed by atoms with Gasteiger partial charge in [-0.25, -0.2) is 4.68 Å². The van der Waals surface area contributed by atoms with Crippen LogP contribution in [0, 0.1) is 0 Å². The number of hydrogen-bond donors (Lipinski definition) is 0. The summed E-state index contributed by atoms with van der Waals surface area (Å²) < 4.78 is 6.81. The van der Waals surface area contributed by atoms with Gasteiger partial charge in [0.05, 0.1) is 17.0 Å². The van der Waals surface area contributed by atoms with Crippen molar-refractivity contribution in [3.05, 3.63) is 69.6 Å². The Morgan fingerprint density at radius 3 is 2.54 bits per heavy atom. The molecule has 1 amide bonds. The molecule has 0 fully saturated rings. The molecular formula is C19H18ClN3O3. The lowest BCUT2D eigenvalue weighted by Gasteiger charge is -2.18. The van der Waals surface area contributed by atoms with Crippen LogP contribution in [0.3, 0.4) is 0 Å². The van der Waals surface area contributed by atoms with E-state index in [0.29, 0.717) is 28.1 Å². The first-order chi connectivity index (χ1) is 12.5. The summed E-state index contributed by atoms with van der Waals surface area (Å²) in [7, 11) is 3.20. The number of aromatic nitrogens is 2. The Morgan fingerprint density at radius 2 is 1.81 bits per heavy atom. The Labute approximate surface area is 155 Å². The van der Waals surface area contributed by atoms with Crippen LogP contribution >= 0.6 is 11.6 Å². The van der Waals surface area contributed by atoms with Gasteiger partial charge in [-0.15, -0.1) is 0 Å². The van der Waals surface area contributed by atoms with E-state index in [9.17, 15) is 9.59 Å². The SMILES string of the molecule is CN(CCOc1ccccc1Cl)C(=O)c1nn(C)c(=O)c2ccccc12. The van der Waals surface area contributed by atoms with E-state index in [2.05, 4.69) is 5.10 Å². The van der Waals surface area contributed by atoms with E-state index in [1.165, 1.54) is 16.6 Å². The summed E-state index contributed by atoms with van der Waals surface area (Å²) in [6.45, 7) is 0.637. The average molecular weight is 372 g/mol. The fourth-order valence-corrected chi connectivity index (χ4v) is 2.78. The van der Waals surface area contributed by atoms with Crippen molar-refractivity contribution < 1.29 is 9.53 Å². The predicted octanol–water partition coefficient (Wildman–Crippen LogP) is 2.74. The molecule has 0 aliphatic heterocycles. The smallest absolute Gasteiger partial charge is 0.274 e. The summed E-state index contributed by atoms with van der Waals surface area (Å²) in [6.07, 6.45) is 0. The largest absolute Gasteiger partial charge is 0.490 e. The minimum absolute atomic E-state index is 0.234. The lowest BCUT2D eigenvalue weighted by molar-refractivity contribution is 0.0768. The van der Waals surface area contributed by atoms with Gasteiger partial charge in [-0.2, -0.15) is 5.10 Å². The molecule has 7 heteroatoms. The van der Waals surface area contributed by atoms with Crippen molar-refractivity contribution in [2.75, 3.05) is 20.2 Å². The third-order valence-corrected chi connectivity index (χ3v) is 4.34. The van der Waals surface area contributed by atoms with Gasteiger partial charge in [0, 0.05) is 19.5 Å². The molecule has 0 radical (unpaired) electrons. The molecule has 0 atom stereocenters. The normalized spacial score (nSPS) is 10.7. The molecule has 3 rings (SSSR count). The molecule has 0 saturated heterocycles. The van der Waals surface area contributed by atoms with Crippen molar-refractivity contribution in [3.63, 3.8) is 0 Å². The lowest BCUT2D eigenvalue weighted by Crippen LogP contribution is -2.33. The van der Waals surface area contributed by atoms with E-state index < -0.39 is 0 Å². The van der Waals surface area contributed by atoms with Crippen molar-refractivity contribution >= 4 is 28.3 Å². The van der Waals surface area contributed by atoms with Crippen molar-refractivity contribution in [1.82, 2.24) is 14.7 Å². The highest BCUT2D eigenvalue weighted by Gasteiger charge is 2.19. The molecule has 0 aliphatic rings. The zero-order valence-corrected chi connectivity index (χ0v) is 15.2. The van der Waals surface area contributed by atoms with Gasteiger partial charge in [0.2, 0.25) is 0 Å². The summed E-state index contributed by atoms with van der Waals surface area (Å²) in [5.74, 6) is 0.292. The number of hydrogen-bond acceptors (Lipinski definition) is 4. The minimum Gasteiger partial charge on any atom is -0.490 e. The van der Waals surface area contributed by atoms with Gasteiger partial charge in [-0.3, -0.25) is 9.59 Å². The van der Waals surface area contributed by atoms with Crippen LogP contribution in [0.15, 0.2) is 53.3 Å². The van der Waals surface area contributed by atoms with E-state index in [1.807, 2.05) is 12.1 Å². The molecule has 0 saturated carbocycles. The highest BCUT2D eigenvalue weighted by Crippen LogP contribution is 2.23. The number of aryl methyl sites for hydroxylation is 1. The summed E-state index contributed by atoms with van der Waals surface area (Å²) >= 11 is 6.05. The molecule has 0 unspecified atom stereocenters. The number of ether oxygens (including phenoxy) is 1. The molecule has 26 heavy (non-hydrogen) atoms. The maximum Gasteiger partial charge on any atom is 0.274 e. The lowest BCUT2D eigenvalue weighted by atomic mass is 10.1. The van der Waals surface area contributed by atoms with Crippen molar-refractivity contribution in [2.45, 2.75) is 0 Å². The molecule has 0 bridgehead atoms. The molecule has 0 N–H and O–H groups in total. The first-order valence-corrected chi connectivity index (χ1v) is 8.45. The van der Waals surface area contributed by atoms with Crippen LogP contribution in [0.25, 0.3) is 10.8 Å². The molecule has 2 aromatic carbocycles. The van der Waals surface area contributed by atoms with Gasteiger partial charge >= 0.3 is 0 Å². The van der Waals surface area contributed by atoms with Crippen LogP contribution in [-0.4, -0.2) is 40.8 Å². The summed E-state index contributed by atoms with van der Waals surface area (Å²) in [4.78, 5) is 26.5. The van der Waals surface area contributed by atoms with E-state index in [1.54, 1.807) is 43.4 Å². The quantitative estimate of drug-likeness (QED) is 0.691. The van der Waals surface area contributed by atoms with Crippen molar-refractivity contribution in [3.8, 4) is 5.75 Å². The molecule has 1 aromatic heterocycles. The van der Waals surface area contributed by atoms with E-state index in [-0.39, 0.29) is 23.8 Å². The molecule has 134 valence electrons. The van der Waals surface area contributed by atoms with Gasteiger partial charge < -0.3 is 9.64 Å². The number of benzene rings is 2. The molecule has 0 spiro atoms. The van der Waals surface area contributed by atoms with E-state index in [4.69, 9.17) is 16.3 Å². The van der Waals surface area contributed by atoms with Crippen LogP contribution in [0.1, 0.15) is 10.5 Å². The van der Waals surface area contributed by atoms with Gasteiger partial charge in [0.15, 0.2) is 5.69 Å². The Kier molecular flexibility index (Phi) is 5.23. The Balaban J connectivity index is 1.77. The van der Waals surface area contributed by atoms with Crippen LogP contribution in [-0.2, 0) is 7.05 Å². The fraction of sp³-hybridized carbons (Fsp3) is 0.211. The van der Waals surface area contributed by atoms with Crippen LogP contribution < -0.4 is 10.3 Å². The number of carbonyl (C=O) groups excluding carboxylic acids is 1. The van der Waals surface area contributed by atoms with Crippen LogP contribution in [0.2, 0.25) is 5.02 Å². The maximum absolute atomic E-state index is 12.8. The predicted molar refractivity (Wildman–Crippen MR) is 101 cm³/mol. The second-order valence-electron chi connectivity index (χ2n) is 5.83. The number of nitrogens with zero attached hydrogens (tertiary/aromatic N) is 3. The number of fused-ring (bicyclic) bond motifs is 1. The van der Waals surface area contributed by atoms with E-state index in [0.717, 1.165) is 0 Å². The van der Waals surface area contributed by atoms with Crippen molar-refractivity contribution in [1.29, 1.82) is 0 Å². The summed E-state index contributed by atoms with van der Waals surface area (Å²) in [5.41, 5.74) is 0.00444.